The van der Waals surface area contributed by atoms with E-state index >= 15 is 0 Å². The largest absolute Gasteiger partial charge is 0.350 e. The van der Waals surface area contributed by atoms with Crippen molar-refractivity contribution in [3.63, 3.8) is 0 Å². The lowest BCUT2D eigenvalue weighted by Gasteiger charge is -2.22. The molecule has 102 valence electrons. The minimum atomic E-state index is 0.118. The number of fused-ring (bicyclic) bond motifs is 2. The molecule has 0 saturated heterocycles. The molecule has 4 atom stereocenters. The van der Waals surface area contributed by atoms with E-state index in [0.29, 0.717) is 5.92 Å². The van der Waals surface area contributed by atoms with Gasteiger partial charge < -0.3 is 5.32 Å². The van der Waals surface area contributed by atoms with Crippen LogP contribution in [0.5, 0.6) is 0 Å². The topological polar surface area (TPSA) is 29.1 Å². The summed E-state index contributed by atoms with van der Waals surface area (Å²) >= 11 is 0. The SMILES string of the molecule is CC(NC(=O)CC1CC2CCC1C2)c1ccccc1. The molecule has 0 heterocycles. The Morgan fingerprint density at radius 2 is 2.05 bits per heavy atom. The van der Waals surface area contributed by atoms with Crippen LogP contribution in [0, 0.1) is 17.8 Å². The molecule has 1 N–H and O–H groups in total. The Morgan fingerprint density at radius 1 is 1.26 bits per heavy atom. The molecule has 1 aromatic carbocycles. The van der Waals surface area contributed by atoms with Crippen LogP contribution in [0.3, 0.4) is 0 Å². The molecule has 4 unspecified atom stereocenters. The standard InChI is InChI=1S/C17H23NO/c1-12(14-5-3-2-4-6-14)18-17(19)11-16-10-13-7-8-15(16)9-13/h2-6,12-13,15-16H,7-11H2,1H3,(H,18,19). The summed E-state index contributed by atoms with van der Waals surface area (Å²) in [6.07, 6.45) is 6.17. The lowest BCUT2D eigenvalue weighted by molar-refractivity contribution is -0.123. The van der Waals surface area contributed by atoms with Crippen molar-refractivity contribution in [2.24, 2.45) is 17.8 Å². The van der Waals surface area contributed by atoms with Gasteiger partial charge in [0, 0.05) is 6.42 Å². The molecule has 2 heteroatoms. The van der Waals surface area contributed by atoms with E-state index in [1.54, 1.807) is 0 Å². The van der Waals surface area contributed by atoms with Gasteiger partial charge in [-0.15, -0.1) is 0 Å². The molecule has 2 nitrogen and oxygen atoms in total. The number of amides is 1. The van der Waals surface area contributed by atoms with Gasteiger partial charge in [-0.1, -0.05) is 36.8 Å². The van der Waals surface area contributed by atoms with Crippen LogP contribution in [0.25, 0.3) is 0 Å². The highest BCUT2D eigenvalue weighted by molar-refractivity contribution is 5.76. The number of carbonyl (C=O) groups excluding carboxylic acids is 1. The first-order chi connectivity index (χ1) is 9.22. The highest BCUT2D eigenvalue weighted by Gasteiger charge is 2.40. The van der Waals surface area contributed by atoms with Crippen LogP contribution in [0.15, 0.2) is 30.3 Å². The van der Waals surface area contributed by atoms with Crippen molar-refractivity contribution in [3.8, 4) is 0 Å². The molecule has 2 aliphatic carbocycles. The van der Waals surface area contributed by atoms with Crippen LogP contribution in [0.1, 0.15) is 50.6 Å². The van der Waals surface area contributed by atoms with Crippen molar-refractivity contribution in [2.75, 3.05) is 0 Å². The predicted octanol–water partition coefficient (Wildman–Crippen LogP) is 3.69. The average molecular weight is 257 g/mol. The van der Waals surface area contributed by atoms with Crippen LogP contribution in [0.4, 0.5) is 0 Å². The van der Waals surface area contributed by atoms with E-state index in [-0.39, 0.29) is 11.9 Å². The van der Waals surface area contributed by atoms with Gasteiger partial charge in [-0.25, -0.2) is 0 Å². The molecule has 0 spiro atoms. The third kappa shape index (κ3) is 2.83. The van der Waals surface area contributed by atoms with E-state index in [4.69, 9.17) is 0 Å². The third-order valence-corrected chi connectivity index (χ3v) is 5.01. The van der Waals surface area contributed by atoms with E-state index in [0.717, 1.165) is 18.3 Å². The third-order valence-electron chi connectivity index (χ3n) is 5.01. The zero-order valence-corrected chi connectivity index (χ0v) is 11.6. The molecule has 2 saturated carbocycles. The summed E-state index contributed by atoms with van der Waals surface area (Å²) in [5, 5.41) is 3.14. The molecule has 2 bridgehead atoms. The maximum absolute atomic E-state index is 12.1. The maximum Gasteiger partial charge on any atom is 0.220 e. The Bertz CT molecular complexity index is 442. The van der Waals surface area contributed by atoms with Crippen LogP contribution >= 0.6 is 0 Å². The molecule has 1 aromatic rings. The number of carbonyl (C=O) groups is 1. The van der Waals surface area contributed by atoms with Crippen molar-refractivity contribution in [1.29, 1.82) is 0 Å². The molecule has 0 aromatic heterocycles. The maximum atomic E-state index is 12.1. The number of rotatable bonds is 4. The summed E-state index contributed by atoms with van der Waals surface area (Å²) in [4.78, 5) is 12.1. The number of hydrogen-bond acceptors (Lipinski definition) is 1. The van der Waals surface area contributed by atoms with Crippen molar-refractivity contribution in [2.45, 2.75) is 45.1 Å². The molecule has 0 aliphatic heterocycles. The smallest absolute Gasteiger partial charge is 0.220 e. The summed E-state index contributed by atoms with van der Waals surface area (Å²) in [5.74, 6) is 2.65. The highest BCUT2D eigenvalue weighted by Crippen LogP contribution is 2.49. The van der Waals surface area contributed by atoms with Crippen molar-refractivity contribution < 1.29 is 4.79 Å². The number of hydrogen-bond donors (Lipinski definition) is 1. The fourth-order valence-electron chi connectivity index (χ4n) is 3.99. The molecule has 1 amide bonds. The first-order valence-corrected chi connectivity index (χ1v) is 7.56. The highest BCUT2D eigenvalue weighted by atomic mass is 16.1. The second-order valence-electron chi connectivity index (χ2n) is 6.34. The number of benzene rings is 1. The van der Waals surface area contributed by atoms with E-state index in [1.165, 1.54) is 31.2 Å². The lowest BCUT2D eigenvalue weighted by Crippen LogP contribution is -2.29. The van der Waals surface area contributed by atoms with Gasteiger partial charge >= 0.3 is 0 Å². The quantitative estimate of drug-likeness (QED) is 0.875. The summed E-state index contributed by atoms with van der Waals surface area (Å²) in [6, 6.07) is 10.3. The van der Waals surface area contributed by atoms with Gasteiger partial charge in [-0.2, -0.15) is 0 Å². The van der Waals surface area contributed by atoms with Gasteiger partial charge in [0.05, 0.1) is 6.04 Å². The summed E-state index contributed by atoms with van der Waals surface area (Å²) in [7, 11) is 0. The fraction of sp³-hybridized carbons (Fsp3) is 0.588. The van der Waals surface area contributed by atoms with Crippen molar-refractivity contribution >= 4 is 5.91 Å². The minimum absolute atomic E-state index is 0.118. The molecule has 2 fully saturated rings. The molecule has 19 heavy (non-hydrogen) atoms. The van der Waals surface area contributed by atoms with E-state index < -0.39 is 0 Å². The Hall–Kier alpha value is -1.31. The molecular formula is C17H23NO. The van der Waals surface area contributed by atoms with E-state index in [1.807, 2.05) is 18.2 Å². The van der Waals surface area contributed by atoms with Gasteiger partial charge in [0.15, 0.2) is 0 Å². The van der Waals surface area contributed by atoms with E-state index in [9.17, 15) is 4.79 Å². The summed E-state index contributed by atoms with van der Waals surface area (Å²) < 4.78 is 0. The zero-order valence-electron chi connectivity index (χ0n) is 11.6. The van der Waals surface area contributed by atoms with Crippen LogP contribution in [0.2, 0.25) is 0 Å². The Labute approximate surface area is 115 Å². The van der Waals surface area contributed by atoms with Crippen LogP contribution in [-0.4, -0.2) is 5.91 Å². The van der Waals surface area contributed by atoms with Gasteiger partial charge in [-0.3, -0.25) is 4.79 Å². The molecule has 2 aliphatic rings. The van der Waals surface area contributed by atoms with Crippen molar-refractivity contribution in [3.05, 3.63) is 35.9 Å². The van der Waals surface area contributed by atoms with Crippen molar-refractivity contribution in [1.82, 2.24) is 5.32 Å². The zero-order chi connectivity index (χ0) is 13.2. The summed E-state index contributed by atoms with van der Waals surface area (Å²) in [5.41, 5.74) is 1.18. The molecule has 0 radical (unpaired) electrons. The second kappa shape index (κ2) is 5.36. The first kappa shape index (κ1) is 12.7. The Morgan fingerprint density at radius 3 is 2.68 bits per heavy atom. The van der Waals surface area contributed by atoms with Gasteiger partial charge in [-0.05, 0) is 49.5 Å². The molecule has 3 rings (SSSR count). The lowest BCUT2D eigenvalue weighted by atomic mass is 9.86. The Kier molecular flexibility index (Phi) is 3.58. The van der Waals surface area contributed by atoms with Crippen LogP contribution in [-0.2, 0) is 4.79 Å². The van der Waals surface area contributed by atoms with Gasteiger partial charge in [0.1, 0.15) is 0 Å². The van der Waals surface area contributed by atoms with E-state index in [2.05, 4.69) is 24.4 Å². The number of nitrogens with one attached hydrogen (secondary N) is 1. The summed E-state index contributed by atoms with van der Waals surface area (Å²) in [6.45, 7) is 2.06. The predicted molar refractivity (Wildman–Crippen MR) is 76.6 cm³/mol. The second-order valence-corrected chi connectivity index (χ2v) is 6.34. The average Bonchev–Trinajstić information content (AvgIpc) is 3.02. The van der Waals surface area contributed by atoms with Gasteiger partial charge in [0.2, 0.25) is 5.91 Å². The van der Waals surface area contributed by atoms with Gasteiger partial charge in [0.25, 0.3) is 0 Å². The minimum Gasteiger partial charge on any atom is -0.350 e. The Balaban J connectivity index is 1.51. The first-order valence-electron chi connectivity index (χ1n) is 7.56. The fourth-order valence-corrected chi connectivity index (χ4v) is 3.99. The normalized spacial score (nSPS) is 30.3. The van der Waals surface area contributed by atoms with Crippen LogP contribution < -0.4 is 5.32 Å². The monoisotopic (exact) mass is 257 g/mol. The molecular weight excluding hydrogens is 234 g/mol.